The molecular formula is C9H5BrF3N3. The number of hydrogen-bond donors (Lipinski definition) is 0. The molecule has 0 aliphatic rings. The van der Waals surface area contributed by atoms with Crippen LogP contribution in [0.15, 0.2) is 35.1 Å². The normalized spacial score (nSPS) is 11.8. The lowest BCUT2D eigenvalue weighted by atomic mass is 10.4. The van der Waals surface area contributed by atoms with Crippen LogP contribution in [0.2, 0.25) is 0 Å². The number of aromatic nitrogens is 3. The van der Waals surface area contributed by atoms with Crippen molar-refractivity contribution in [1.82, 2.24) is 14.8 Å². The molecule has 2 aromatic heterocycles. The van der Waals surface area contributed by atoms with Gasteiger partial charge in [-0.25, -0.2) is 9.67 Å². The highest BCUT2D eigenvalue weighted by Gasteiger charge is 2.33. The first-order valence-corrected chi connectivity index (χ1v) is 5.02. The number of alkyl halides is 3. The van der Waals surface area contributed by atoms with Crippen LogP contribution in [0.25, 0.3) is 5.82 Å². The molecule has 2 rings (SSSR count). The Morgan fingerprint density at radius 1 is 1.19 bits per heavy atom. The van der Waals surface area contributed by atoms with Crippen molar-refractivity contribution in [3.8, 4) is 5.82 Å². The monoisotopic (exact) mass is 291 g/mol. The van der Waals surface area contributed by atoms with Crippen molar-refractivity contribution in [2.24, 2.45) is 0 Å². The standard InChI is InChI=1S/C9H5BrF3N3/c10-7-2-1-3-8(14-7)16-5-4-6(15-16)9(11,12)13/h1-5H. The minimum atomic E-state index is -4.43. The van der Waals surface area contributed by atoms with Crippen LogP contribution in [-0.4, -0.2) is 14.8 Å². The van der Waals surface area contributed by atoms with Crippen LogP contribution in [-0.2, 0) is 6.18 Å². The van der Waals surface area contributed by atoms with Gasteiger partial charge in [-0.2, -0.15) is 18.3 Å². The molecule has 0 saturated heterocycles. The van der Waals surface area contributed by atoms with Crippen LogP contribution < -0.4 is 0 Å². The molecule has 0 amide bonds. The van der Waals surface area contributed by atoms with Gasteiger partial charge in [0, 0.05) is 6.20 Å². The summed E-state index contributed by atoms with van der Waals surface area (Å²) in [6, 6.07) is 5.82. The molecule has 0 unspecified atom stereocenters. The van der Waals surface area contributed by atoms with Gasteiger partial charge in [0.2, 0.25) is 0 Å². The lowest BCUT2D eigenvalue weighted by Gasteiger charge is -2.02. The molecule has 0 atom stereocenters. The fourth-order valence-electron chi connectivity index (χ4n) is 1.13. The van der Waals surface area contributed by atoms with Gasteiger partial charge < -0.3 is 0 Å². The number of halogens is 4. The molecule has 0 N–H and O–H groups in total. The Balaban J connectivity index is 2.39. The summed E-state index contributed by atoms with van der Waals surface area (Å²) < 4.78 is 38.5. The lowest BCUT2D eigenvalue weighted by Crippen LogP contribution is -2.07. The van der Waals surface area contributed by atoms with Crippen molar-refractivity contribution in [3.63, 3.8) is 0 Å². The summed E-state index contributed by atoms with van der Waals surface area (Å²) >= 11 is 3.13. The molecule has 0 aromatic carbocycles. The van der Waals surface area contributed by atoms with Gasteiger partial charge in [0.15, 0.2) is 11.5 Å². The van der Waals surface area contributed by atoms with Gasteiger partial charge >= 0.3 is 6.18 Å². The zero-order valence-corrected chi connectivity index (χ0v) is 9.33. The van der Waals surface area contributed by atoms with Crippen LogP contribution in [0.1, 0.15) is 5.69 Å². The summed E-state index contributed by atoms with van der Waals surface area (Å²) in [7, 11) is 0. The van der Waals surface area contributed by atoms with E-state index in [-0.39, 0.29) is 0 Å². The van der Waals surface area contributed by atoms with Gasteiger partial charge in [0.05, 0.1) is 0 Å². The first kappa shape index (κ1) is 11.1. The van der Waals surface area contributed by atoms with Crippen molar-refractivity contribution in [2.75, 3.05) is 0 Å². The average molecular weight is 292 g/mol. The third kappa shape index (κ3) is 2.24. The summed E-state index contributed by atoms with van der Waals surface area (Å²) in [5.74, 6) is 0.324. The lowest BCUT2D eigenvalue weighted by molar-refractivity contribution is -0.141. The molecule has 0 radical (unpaired) electrons. The van der Waals surface area contributed by atoms with Crippen LogP contribution in [0.5, 0.6) is 0 Å². The quantitative estimate of drug-likeness (QED) is 0.756. The molecule has 16 heavy (non-hydrogen) atoms. The summed E-state index contributed by atoms with van der Waals surface area (Å²) in [5, 5.41) is 3.40. The molecule has 0 saturated carbocycles. The fourth-order valence-corrected chi connectivity index (χ4v) is 1.46. The smallest absolute Gasteiger partial charge is 0.222 e. The molecule has 84 valence electrons. The average Bonchev–Trinajstić information content (AvgIpc) is 2.65. The van der Waals surface area contributed by atoms with Crippen LogP contribution in [0.4, 0.5) is 13.2 Å². The van der Waals surface area contributed by atoms with E-state index in [4.69, 9.17) is 0 Å². The minimum absolute atomic E-state index is 0.324. The Morgan fingerprint density at radius 3 is 2.50 bits per heavy atom. The van der Waals surface area contributed by atoms with Crippen LogP contribution in [0.3, 0.4) is 0 Å². The molecule has 0 fully saturated rings. The zero-order chi connectivity index (χ0) is 11.8. The number of pyridine rings is 1. The summed E-state index contributed by atoms with van der Waals surface area (Å²) in [6.07, 6.45) is -3.21. The minimum Gasteiger partial charge on any atom is -0.222 e. The van der Waals surface area contributed by atoms with E-state index in [2.05, 4.69) is 26.0 Å². The highest BCUT2D eigenvalue weighted by molar-refractivity contribution is 9.10. The van der Waals surface area contributed by atoms with Crippen molar-refractivity contribution in [3.05, 3.63) is 40.8 Å². The van der Waals surface area contributed by atoms with Crippen molar-refractivity contribution >= 4 is 15.9 Å². The predicted molar refractivity (Wildman–Crippen MR) is 54.1 cm³/mol. The van der Waals surface area contributed by atoms with E-state index in [0.29, 0.717) is 10.4 Å². The zero-order valence-electron chi connectivity index (χ0n) is 7.74. The molecule has 2 aromatic rings. The van der Waals surface area contributed by atoms with Gasteiger partial charge in [0.1, 0.15) is 4.60 Å². The second-order valence-electron chi connectivity index (χ2n) is 2.96. The summed E-state index contributed by atoms with van der Waals surface area (Å²) in [5.41, 5.74) is -0.936. The van der Waals surface area contributed by atoms with E-state index in [1.54, 1.807) is 18.2 Å². The van der Waals surface area contributed by atoms with Gasteiger partial charge in [-0.3, -0.25) is 0 Å². The maximum atomic E-state index is 12.3. The maximum Gasteiger partial charge on any atom is 0.435 e. The molecular weight excluding hydrogens is 287 g/mol. The van der Waals surface area contributed by atoms with E-state index in [9.17, 15) is 13.2 Å². The van der Waals surface area contributed by atoms with Crippen molar-refractivity contribution in [1.29, 1.82) is 0 Å². The van der Waals surface area contributed by atoms with E-state index in [1.165, 1.54) is 6.20 Å². The second-order valence-corrected chi connectivity index (χ2v) is 3.77. The first-order valence-electron chi connectivity index (χ1n) is 4.22. The Morgan fingerprint density at radius 2 is 1.94 bits per heavy atom. The third-order valence-electron chi connectivity index (χ3n) is 1.81. The van der Waals surface area contributed by atoms with E-state index in [0.717, 1.165) is 10.7 Å². The summed E-state index contributed by atoms with van der Waals surface area (Å²) in [6.45, 7) is 0. The van der Waals surface area contributed by atoms with Gasteiger partial charge in [-0.05, 0) is 34.1 Å². The largest absolute Gasteiger partial charge is 0.435 e. The number of rotatable bonds is 1. The molecule has 0 spiro atoms. The van der Waals surface area contributed by atoms with Crippen LogP contribution >= 0.6 is 15.9 Å². The molecule has 0 aliphatic heterocycles. The Kier molecular flexibility index (Phi) is 2.71. The molecule has 7 heteroatoms. The Bertz CT molecular complexity index is 507. The van der Waals surface area contributed by atoms with Crippen molar-refractivity contribution < 1.29 is 13.2 Å². The first-order chi connectivity index (χ1) is 7.47. The maximum absolute atomic E-state index is 12.3. The Hall–Kier alpha value is -1.37. The second kappa shape index (κ2) is 3.89. The third-order valence-corrected chi connectivity index (χ3v) is 2.26. The van der Waals surface area contributed by atoms with E-state index < -0.39 is 11.9 Å². The van der Waals surface area contributed by atoms with E-state index in [1.807, 2.05) is 0 Å². The van der Waals surface area contributed by atoms with E-state index >= 15 is 0 Å². The highest BCUT2D eigenvalue weighted by Crippen LogP contribution is 2.27. The van der Waals surface area contributed by atoms with Gasteiger partial charge in [0.25, 0.3) is 0 Å². The molecule has 2 heterocycles. The topological polar surface area (TPSA) is 30.7 Å². The van der Waals surface area contributed by atoms with Gasteiger partial charge in [-0.15, -0.1) is 0 Å². The van der Waals surface area contributed by atoms with Gasteiger partial charge in [-0.1, -0.05) is 6.07 Å². The number of nitrogens with zero attached hydrogens (tertiary/aromatic N) is 3. The van der Waals surface area contributed by atoms with Crippen LogP contribution in [0, 0.1) is 0 Å². The predicted octanol–water partition coefficient (Wildman–Crippen LogP) is 3.05. The molecule has 0 bridgehead atoms. The molecule has 3 nitrogen and oxygen atoms in total. The summed E-state index contributed by atoms with van der Waals surface area (Å²) in [4.78, 5) is 3.99. The fraction of sp³-hybridized carbons (Fsp3) is 0.111. The highest BCUT2D eigenvalue weighted by atomic mass is 79.9. The molecule has 0 aliphatic carbocycles. The van der Waals surface area contributed by atoms with Crippen molar-refractivity contribution in [2.45, 2.75) is 6.18 Å². The number of hydrogen-bond acceptors (Lipinski definition) is 2. The SMILES string of the molecule is FC(F)(F)c1ccn(-c2cccc(Br)n2)n1. The Labute approximate surface area is 97.0 Å².